The van der Waals surface area contributed by atoms with Crippen molar-refractivity contribution in [2.24, 2.45) is 5.92 Å². The smallest absolute Gasteiger partial charge is 0.255 e. The van der Waals surface area contributed by atoms with E-state index in [0.717, 1.165) is 44.1 Å². The van der Waals surface area contributed by atoms with Crippen LogP contribution in [0.5, 0.6) is 5.75 Å². The highest BCUT2D eigenvalue weighted by molar-refractivity contribution is 6.09. The van der Waals surface area contributed by atoms with E-state index in [1.165, 1.54) is 19.1 Å². The summed E-state index contributed by atoms with van der Waals surface area (Å²) in [6.45, 7) is 3.88. The maximum atomic E-state index is 14.3. The third-order valence-corrected chi connectivity index (χ3v) is 7.29. The number of fused-ring (bicyclic) bond motifs is 1. The molecular weight excluding hydrogens is 475 g/mol. The standard InChI is InChI=1S/C28H33FN4O4/c1-15-24(28(36)33-20-8-6-19(7-9-20)32-27(35)16(2)34)26-25(31-15)21(11-12-30-26)22-13-18(29)5-10-23(22)37-14-17-3-4-17/h5,10-13,16-17,19-20,31,34H,3-4,6-9,14H2,1-2H3,(H,32,35)(H,33,36)/t16-,19-,20-/m0/s1. The van der Waals surface area contributed by atoms with Crippen LogP contribution in [0.1, 0.15) is 61.5 Å². The molecule has 3 aromatic rings. The molecule has 37 heavy (non-hydrogen) atoms. The average Bonchev–Trinajstić information content (AvgIpc) is 3.63. The summed E-state index contributed by atoms with van der Waals surface area (Å²) in [5.41, 5.74) is 3.70. The minimum Gasteiger partial charge on any atom is -0.493 e. The van der Waals surface area contributed by atoms with Gasteiger partial charge < -0.3 is 25.5 Å². The fourth-order valence-corrected chi connectivity index (χ4v) is 5.00. The summed E-state index contributed by atoms with van der Waals surface area (Å²) in [5.74, 6) is 0.221. The molecule has 5 rings (SSSR count). The first kappa shape index (κ1) is 25.2. The largest absolute Gasteiger partial charge is 0.493 e. The number of nitrogens with one attached hydrogen (secondary N) is 3. The van der Waals surface area contributed by atoms with Gasteiger partial charge in [-0.25, -0.2) is 4.39 Å². The van der Waals surface area contributed by atoms with Crippen LogP contribution in [0.25, 0.3) is 22.2 Å². The highest BCUT2D eigenvalue weighted by atomic mass is 19.1. The van der Waals surface area contributed by atoms with Crippen LogP contribution < -0.4 is 15.4 Å². The van der Waals surface area contributed by atoms with Crippen molar-refractivity contribution < 1.29 is 23.8 Å². The van der Waals surface area contributed by atoms with Crippen molar-refractivity contribution >= 4 is 22.8 Å². The van der Waals surface area contributed by atoms with E-state index in [-0.39, 0.29) is 29.7 Å². The van der Waals surface area contributed by atoms with Gasteiger partial charge in [-0.05, 0) is 82.6 Å². The van der Waals surface area contributed by atoms with Crippen molar-refractivity contribution in [1.82, 2.24) is 20.6 Å². The normalized spacial score (nSPS) is 20.4. The number of aromatic nitrogens is 2. The number of carbonyl (C=O) groups excluding carboxylic acids is 2. The Morgan fingerprint density at radius 3 is 2.49 bits per heavy atom. The van der Waals surface area contributed by atoms with Gasteiger partial charge in [-0.1, -0.05) is 0 Å². The zero-order chi connectivity index (χ0) is 26.1. The second-order valence-electron chi connectivity index (χ2n) is 10.3. The number of pyridine rings is 1. The van der Waals surface area contributed by atoms with E-state index < -0.39 is 6.10 Å². The molecule has 0 bridgehead atoms. The first-order valence-electron chi connectivity index (χ1n) is 13.0. The third kappa shape index (κ3) is 5.61. The molecule has 0 aliphatic heterocycles. The van der Waals surface area contributed by atoms with Crippen molar-refractivity contribution in [3.05, 3.63) is 47.5 Å². The Morgan fingerprint density at radius 1 is 1.11 bits per heavy atom. The summed E-state index contributed by atoms with van der Waals surface area (Å²) < 4.78 is 20.3. The number of amides is 2. The molecule has 2 amide bonds. The predicted molar refractivity (Wildman–Crippen MR) is 138 cm³/mol. The Kier molecular flexibility index (Phi) is 7.15. The van der Waals surface area contributed by atoms with Crippen LogP contribution in [-0.4, -0.2) is 51.7 Å². The van der Waals surface area contributed by atoms with Crippen molar-refractivity contribution in [2.75, 3.05) is 6.61 Å². The second-order valence-corrected chi connectivity index (χ2v) is 10.3. The molecule has 2 saturated carbocycles. The minimum absolute atomic E-state index is 0.00287. The molecule has 2 aromatic heterocycles. The van der Waals surface area contributed by atoms with Gasteiger partial charge in [0, 0.05) is 35.1 Å². The molecule has 0 spiro atoms. The van der Waals surface area contributed by atoms with Crippen LogP contribution in [0.4, 0.5) is 4.39 Å². The van der Waals surface area contributed by atoms with Gasteiger partial charge >= 0.3 is 0 Å². The lowest BCUT2D eigenvalue weighted by atomic mass is 9.90. The van der Waals surface area contributed by atoms with Crippen molar-refractivity contribution in [3.8, 4) is 16.9 Å². The molecule has 2 heterocycles. The maximum Gasteiger partial charge on any atom is 0.255 e. The Labute approximate surface area is 215 Å². The maximum absolute atomic E-state index is 14.3. The highest BCUT2D eigenvalue weighted by Gasteiger charge is 2.28. The molecular formula is C28H33FN4O4. The van der Waals surface area contributed by atoms with E-state index in [1.807, 2.05) is 13.0 Å². The number of halogens is 1. The zero-order valence-electron chi connectivity index (χ0n) is 21.1. The van der Waals surface area contributed by atoms with Crippen LogP contribution in [0.2, 0.25) is 0 Å². The topological polar surface area (TPSA) is 116 Å². The SMILES string of the molecule is Cc1[nH]c2c(-c3cc(F)ccc3OCC3CC3)ccnc2c1C(=O)N[C@H]1CC[C@H](NC(=O)[C@H](C)O)CC1. The zero-order valence-corrected chi connectivity index (χ0v) is 21.1. The number of hydrogen-bond acceptors (Lipinski definition) is 5. The van der Waals surface area contributed by atoms with Gasteiger partial charge in [0.2, 0.25) is 5.91 Å². The predicted octanol–water partition coefficient (Wildman–Crippen LogP) is 4.00. The number of H-pyrrole nitrogens is 1. The molecule has 0 unspecified atom stereocenters. The fourth-order valence-electron chi connectivity index (χ4n) is 5.00. The number of rotatable bonds is 8. The Balaban J connectivity index is 1.35. The number of aryl methyl sites for hydroxylation is 1. The van der Waals surface area contributed by atoms with Gasteiger partial charge in [-0.2, -0.15) is 0 Å². The van der Waals surface area contributed by atoms with Crippen molar-refractivity contribution in [2.45, 2.75) is 70.6 Å². The van der Waals surface area contributed by atoms with E-state index >= 15 is 0 Å². The van der Waals surface area contributed by atoms with Gasteiger partial charge in [0.1, 0.15) is 23.2 Å². The lowest BCUT2D eigenvalue weighted by Gasteiger charge is -2.30. The Hall–Kier alpha value is -3.46. The molecule has 2 fully saturated rings. The molecule has 9 heteroatoms. The van der Waals surface area contributed by atoms with Gasteiger partial charge in [0.15, 0.2) is 0 Å². The Morgan fingerprint density at radius 2 is 1.81 bits per heavy atom. The monoisotopic (exact) mass is 508 g/mol. The van der Waals surface area contributed by atoms with Crippen molar-refractivity contribution in [3.63, 3.8) is 0 Å². The van der Waals surface area contributed by atoms with Gasteiger partial charge in [-0.15, -0.1) is 0 Å². The Bertz CT molecular complexity index is 1310. The molecule has 0 saturated heterocycles. The van der Waals surface area contributed by atoms with Crippen LogP contribution in [0, 0.1) is 18.7 Å². The first-order chi connectivity index (χ1) is 17.8. The molecule has 2 aliphatic rings. The van der Waals surface area contributed by atoms with Crippen molar-refractivity contribution in [1.29, 1.82) is 0 Å². The number of nitrogens with zero attached hydrogens (tertiary/aromatic N) is 1. The van der Waals surface area contributed by atoms with Crippen LogP contribution in [-0.2, 0) is 4.79 Å². The molecule has 4 N–H and O–H groups in total. The van der Waals surface area contributed by atoms with E-state index in [4.69, 9.17) is 4.74 Å². The van der Waals surface area contributed by atoms with Gasteiger partial charge in [0.05, 0.1) is 17.7 Å². The van der Waals surface area contributed by atoms with E-state index in [2.05, 4.69) is 20.6 Å². The van der Waals surface area contributed by atoms with E-state index in [1.54, 1.807) is 12.3 Å². The van der Waals surface area contributed by atoms with Gasteiger partial charge in [0.25, 0.3) is 5.91 Å². The summed E-state index contributed by atoms with van der Waals surface area (Å²) in [6, 6.07) is 6.29. The number of benzene rings is 1. The molecule has 1 atom stereocenters. The molecule has 0 radical (unpaired) electrons. The molecule has 1 aromatic carbocycles. The summed E-state index contributed by atoms with van der Waals surface area (Å²) in [6.07, 6.45) is 5.80. The van der Waals surface area contributed by atoms with Crippen LogP contribution in [0.3, 0.4) is 0 Å². The van der Waals surface area contributed by atoms with E-state index in [0.29, 0.717) is 46.1 Å². The molecule has 2 aliphatic carbocycles. The lowest BCUT2D eigenvalue weighted by Crippen LogP contribution is -2.46. The quantitative estimate of drug-likeness (QED) is 0.367. The number of hydrogen-bond donors (Lipinski definition) is 4. The summed E-state index contributed by atoms with van der Waals surface area (Å²) >= 11 is 0. The first-order valence-corrected chi connectivity index (χ1v) is 13.0. The van der Waals surface area contributed by atoms with E-state index in [9.17, 15) is 19.1 Å². The number of aliphatic hydroxyl groups is 1. The molecule has 196 valence electrons. The fraction of sp³-hybridized carbons (Fsp3) is 0.464. The highest BCUT2D eigenvalue weighted by Crippen LogP contribution is 2.38. The number of aromatic amines is 1. The molecule has 8 nitrogen and oxygen atoms in total. The summed E-state index contributed by atoms with van der Waals surface area (Å²) in [5, 5.41) is 15.4. The summed E-state index contributed by atoms with van der Waals surface area (Å²) in [4.78, 5) is 32.9. The average molecular weight is 509 g/mol. The number of carbonyl (C=O) groups is 2. The number of aliphatic hydroxyl groups excluding tert-OH is 1. The van der Waals surface area contributed by atoms with Crippen LogP contribution >= 0.6 is 0 Å². The lowest BCUT2D eigenvalue weighted by molar-refractivity contribution is -0.129. The third-order valence-electron chi connectivity index (χ3n) is 7.29. The second kappa shape index (κ2) is 10.5. The van der Waals surface area contributed by atoms with Crippen LogP contribution in [0.15, 0.2) is 30.5 Å². The summed E-state index contributed by atoms with van der Waals surface area (Å²) in [7, 11) is 0. The minimum atomic E-state index is -1.03. The van der Waals surface area contributed by atoms with Gasteiger partial charge in [-0.3, -0.25) is 14.6 Å². The number of ether oxygens (including phenoxy) is 1.